The van der Waals surface area contributed by atoms with Gasteiger partial charge in [-0.25, -0.2) is 4.98 Å². The quantitative estimate of drug-likeness (QED) is 0.891. The van der Waals surface area contributed by atoms with Crippen LogP contribution in [-0.2, 0) is 16.0 Å². The zero-order valence-electron chi connectivity index (χ0n) is 12.1. The first kappa shape index (κ1) is 15.1. The van der Waals surface area contributed by atoms with Gasteiger partial charge < -0.3 is 10.4 Å². The van der Waals surface area contributed by atoms with E-state index in [9.17, 15) is 14.4 Å². The second kappa shape index (κ2) is 6.16. The van der Waals surface area contributed by atoms with Gasteiger partial charge in [-0.1, -0.05) is 30.6 Å². The summed E-state index contributed by atoms with van der Waals surface area (Å²) in [5.74, 6) is -1.88. The number of carbonyl (C=O) groups excluding carboxylic acids is 2. The van der Waals surface area contributed by atoms with E-state index in [1.807, 2.05) is 0 Å². The number of rotatable bonds is 3. The van der Waals surface area contributed by atoms with E-state index in [4.69, 9.17) is 5.11 Å². The number of carboxylic acid groups (broad SMARTS) is 1. The average molecular weight is 322 g/mol. The highest BCUT2D eigenvalue weighted by atomic mass is 32.1. The SMILES string of the molecule is O=C1C[C@@H](C(=O)O)Cc2nc(NC(=O)C3CCCCC3)sc21. The molecule has 1 atom stereocenters. The zero-order valence-corrected chi connectivity index (χ0v) is 12.9. The van der Waals surface area contributed by atoms with Crippen molar-refractivity contribution in [3.8, 4) is 0 Å². The largest absolute Gasteiger partial charge is 0.481 e. The minimum atomic E-state index is -0.972. The lowest BCUT2D eigenvalue weighted by Crippen LogP contribution is -2.25. The molecule has 1 aromatic rings. The molecule has 6 nitrogen and oxygen atoms in total. The molecule has 0 unspecified atom stereocenters. The molecule has 2 aliphatic rings. The van der Waals surface area contributed by atoms with Crippen molar-refractivity contribution in [2.24, 2.45) is 11.8 Å². The number of carbonyl (C=O) groups is 3. The molecular formula is C15H18N2O4S. The number of nitrogens with one attached hydrogen (secondary N) is 1. The summed E-state index contributed by atoms with van der Waals surface area (Å²) in [5, 5.41) is 12.3. The monoisotopic (exact) mass is 322 g/mol. The molecule has 7 heteroatoms. The Labute approximate surface area is 131 Å². The minimum Gasteiger partial charge on any atom is -0.481 e. The van der Waals surface area contributed by atoms with Crippen molar-refractivity contribution in [3.63, 3.8) is 0 Å². The van der Waals surface area contributed by atoms with E-state index >= 15 is 0 Å². The van der Waals surface area contributed by atoms with Crippen molar-refractivity contribution < 1.29 is 19.5 Å². The molecule has 118 valence electrons. The molecule has 1 fully saturated rings. The van der Waals surface area contributed by atoms with Crippen LogP contribution in [-0.4, -0.2) is 27.8 Å². The first-order valence-electron chi connectivity index (χ1n) is 7.61. The van der Waals surface area contributed by atoms with E-state index in [2.05, 4.69) is 10.3 Å². The van der Waals surface area contributed by atoms with Crippen molar-refractivity contribution in [3.05, 3.63) is 10.6 Å². The second-order valence-corrected chi connectivity index (χ2v) is 6.98. The molecule has 0 bridgehead atoms. The van der Waals surface area contributed by atoms with Crippen LogP contribution < -0.4 is 5.32 Å². The molecule has 1 heterocycles. The summed E-state index contributed by atoms with van der Waals surface area (Å²) in [5.41, 5.74) is 0.507. The van der Waals surface area contributed by atoms with Gasteiger partial charge in [-0.2, -0.15) is 0 Å². The molecule has 1 amide bonds. The number of Topliss-reactive ketones (excluding diaryl/α,β-unsaturated/α-hetero) is 1. The van der Waals surface area contributed by atoms with Crippen LogP contribution in [0.1, 0.15) is 53.9 Å². The third-order valence-corrected chi connectivity index (χ3v) is 5.43. The van der Waals surface area contributed by atoms with Gasteiger partial charge in [-0.3, -0.25) is 14.4 Å². The van der Waals surface area contributed by atoms with E-state index in [-0.39, 0.29) is 30.4 Å². The molecule has 1 saturated carbocycles. The van der Waals surface area contributed by atoms with Crippen LogP contribution in [0.3, 0.4) is 0 Å². The molecule has 0 radical (unpaired) electrons. The Kier molecular flexibility index (Phi) is 4.24. The number of anilines is 1. The predicted octanol–water partition coefficient (Wildman–Crippen LogP) is 2.49. The summed E-state index contributed by atoms with van der Waals surface area (Å²) in [6, 6.07) is 0. The number of ketones is 1. The fourth-order valence-electron chi connectivity index (χ4n) is 3.13. The molecule has 2 N–H and O–H groups in total. The molecule has 0 saturated heterocycles. The molecule has 1 aromatic heterocycles. The lowest BCUT2D eigenvalue weighted by atomic mass is 9.89. The van der Waals surface area contributed by atoms with E-state index in [1.165, 1.54) is 6.42 Å². The highest BCUT2D eigenvalue weighted by Gasteiger charge is 2.33. The van der Waals surface area contributed by atoms with Crippen LogP contribution >= 0.6 is 11.3 Å². The number of hydrogen-bond donors (Lipinski definition) is 2. The van der Waals surface area contributed by atoms with Gasteiger partial charge in [0.25, 0.3) is 0 Å². The number of aromatic nitrogens is 1. The summed E-state index contributed by atoms with van der Waals surface area (Å²) in [4.78, 5) is 40.0. The van der Waals surface area contributed by atoms with E-state index in [0.717, 1.165) is 37.0 Å². The highest BCUT2D eigenvalue weighted by Crippen LogP contribution is 2.33. The van der Waals surface area contributed by atoms with E-state index < -0.39 is 11.9 Å². The maximum atomic E-state index is 12.2. The first-order valence-corrected chi connectivity index (χ1v) is 8.43. The van der Waals surface area contributed by atoms with Gasteiger partial charge in [0.15, 0.2) is 10.9 Å². The number of amides is 1. The molecule has 3 rings (SSSR count). The van der Waals surface area contributed by atoms with Gasteiger partial charge in [-0.15, -0.1) is 0 Å². The Balaban J connectivity index is 1.72. The molecule has 0 spiro atoms. The van der Waals surface area contributed by atoms with Gasteiger partial charge >= 0.3 is 5.97 Å². The van der Waals surface area contributed by atoms with Gasteiger partial charge in [0.1, 0.15) is 0 Å². The molecule has 22 heavy (non-hydrogen) atoms. The smallest absolute Gasteiger partial charge is 0.307 e. The fourth-order valence-corrected chi connectivity index (χ4v) is 4.08. The number of carboxylic acids is 1. The number of fused-ring (bicyclic) bond motifs is 1. The van der Waals surface area contributed by atoms with Crippen molar-refractivity contribution in [2.75, 3.05) is 5.32 Å². The van der Waals surface area contributed by atoms with Crippen LogP contribution in [0.4, 0.5) is 5.13 Å². The van der Waals surface area contributed by atoms with Crippen molar-refractivity contribution in [1.29, 1.82) is 0 Å². The van der Waals surface area contributed by atoms with Crippen LogP contribution in [0.5, 0.6) is 0 Å². The molecule has 0 aromatic carbocycles. The Morgan fingerprint density at radius 2 is 1.86 bits per heavy atom. The number of thiazole rings is 1. The summed E-state index contributed by atoms with van der Waals surface area (Å²) in [7, 11) is 0. The summed E-state index contributed by atoms with van der Waals surface area (Å²) in [6.07, 6.45) is 5.40. The van der Waals surface area contributed by atoms with Gasteiger partial charge in [0.2, 0.25) is 5.91 Å². The Bertz CT molecular complexity index is 619. The standard InChI is InChI=1S/C15H18N2O4S/c18-11-7-9(14(20)21)6-10-12(11)22-15(16-10)17-13(19)8-4-2-1-3-5-8/h8-9H,1-7H2,(H,20,21)(H,16,17,19)/t9-/m0/s1. The summed E-state index contributed by atoms with van der Waals surface area (Å²) >= 11 is 1.16. The van der Waals surface area contributed by atoms with Crippen molar-refractivity contribution in [1.82, 2.24) is 4.98 Å². The van der Waals surface area contributed by atoms with E-state index in [1.54, 1.807) is 0 Å². The lowest BCUT2D eigenvalue weighted by molar-refractivity contribution is -0.141. The first-order chi connectivity index (χ1) is 10.5. The molecule has 0 aliphatic heterocycles. The normalized spacial score (nSPS) is 22.2. The predicted molar refractivity (Wildman–Crippen MR) is 81.1 cm³/mol. The number of nitrogens with zero attached hydrogens (tertiary/aromatic N) is 1. The Hall–Kier alpha value is -1.76. The third kappa shape index (κ3) is 3.04. The maximum Gasteiger partial charge on any atom is 0.307 e. The molecule has 2 aliphatic carbocycles. The van der Waals surface area contributed by atoms with Crippen LogP contribution in [0.2, 0.25) is 0 Å². The molecular weight excluding hydrogens is 304 g/mol. The minimum absolute atomic E-state index is 0.0144. The van der Waals surface area contributed by atoms with Crippen molar-refractivity contribution >= 4 is 34.1 Å². The average Bonchev–Trinajstić information content (AvgIpc) is 2.91. The van der Waals surface area contributed by atoms with Crippen LogP contribution in [0, 0.1) is 11.8 Å². The van der Waals surface area contributed by atoms with Gasteiger partial charge in [0.05, 0.1) is 16.5 Å². The van der Waals surface area contributed by atoms with Crippen LogP contribution in [0.15, 0.2) is 0 Å². The zero-order chi connectivity index (χ0) is 15.7. The highest BCUT2D eigenvalue weighted by molar-refractivity contribution is 7.17. The fraction of sp³-hybridized carbons (Fsp3) is 0.600. The van der Waals surface area contributed by atoms with E-state index in [0.29, 0.717) is 15.7 Å². The van der Waals surface area contributed by atoms with Crippen LogP contribution in [0.25, 0.3) is 0 Å². The maximum absolute atomic E-state index is 12.2. The van der Waals surface area contributed by atoms with Gasteiger partial charge in [-0.05, 0) is 12.8 Å². The topological polar surface area (TPSA) is 96.4 Å². The number of hydrogen-bond acceptors (Lipinski definition) is 5. The Morgan fingerprint density at radius 1 is 1.14 bits per heavy atom. The lowest BCUT2D eigenvalue weighted by Gasteiger charge is -2.19. The second-order valence-electron chi connectivity index (χ2n) is 5.99. The van der Waals surface area contributed by atoms with Gasteiger partial charge in [0, 0.05) is 18.8 Å². The summed E-state index contributed by atoms with van der Waals surface area (Å²) < 4.78 is 0. The summed E-state index contributed by atoms with van der Waals surface area (Å²) in [6.45, 7) is 0. The third-order valence-electron chi connectivity index (χ3n) is 4.38. The van der Waals surface area contributed by atoms with Crippen molar-refractivity contribution in [2.45, 2.75) is 44.9 Å². The number of aliphatic carboxylic acids is 1. The Morgan fingerprint density at radius 3 is 2.55 bits per heavy atom.